The molecule has 5 nitrogen and oxygen atoms in total. The van der Waals surface area contributed by atoms with Crippen molar-refractivity contribution in [2.75, 3.05) is 5.43 Å². The second kappa shape index (κ2) is 9.79. The second-order valence-corrected chi connectivity index (χ2v) is 9.30. The standard InChI is InChI=1S/C29H24ClN3O2/c30-24-10-11-25(22(15-24)16-31)29(19-2-1-3-19)28(21-9-12-26-23(14-21)17-32-33-26)20-7-4-18(5-8-20)6-13-27(34)35/h4-15,19,32-33H,1-3,17H2,(H,34,35)/b13-6+,29-28+. The fourth-order valence-electron chi connectivity index (χ4n) is 4.76. The Kier molecular flexibility index (Phi) is 6.41. The van der Waals surface area contributed by atoms with Crippen molar-refractivity contribution in [1.82, 2.24) is 5.43 Å². The van der Waals surface area contributed by atoms with Crippen molar-refractivity contribution in [1.29, 1.82) is 5.26 Å². The van der Waals surface area contributed by atoms with Gasteiger partial charge in [0, 0.05) is 17.6 Å². The number of carboxylic acid groups (broad SMARTS) is 1. The molecule has 0 radical (unpaired) electrons. The van der Waals surface area contributed by atoms with Crippen LogP contribution in [0.2, 0.25) is 5.02 Å². The molecular formula is C29H24ClN3O2. The van der Waals surface area contributed by atoms with Gasteiger partial charge in [-0.25, -0.2) is 10.2 Å². The highest BCUT2D eigenvalue weighted by Crippen LogP contribution is 2.46. The van der Waals surface area contributed by atoms with E-state index in [4.69, 9.17) is 16.7 Å². The van der Waals surface area contributed by atoms with Crippen molar-refractivity contribution in [3.8, 4) is 6.07 Å². The zero-order valence-electron chi connectivity index (χ0n) is 19.0. The summed E-state index contributed by atoms with van der Waals surface area (Å²) in [5, 5.41) is 19.5. The number of allylic oxidation sites excluding steroid dienone is 1. The minimum Gasteiger partial charge on any atom is -0.478 e. The minimum atomic E-state index is -0.978. The van der Waals surface area contributed by atoms with E-state index in [-0.39, 0.29) is 0 Å². The molecule has 0 aromatic heterocycles. The molecule has 6 heteroatoms. The molecule has 0 amide bonds. The third-order valence-corrected chi connectivity index (χ3v) is 6.92. The van der Waals surface area contributed by atoms with Crippen molar-refractivity contribution in [2.24, 2.45) is 5.92 Å². The molecule has 0 spiro atoms. The third-order valence-electron chi connectivity index (χ3n) is 6.69. The number of nitrogens with one attached hydrogen (secondary N) is 2. The lowest BCUT2D eigenvalue weighted by Gasteiger charge is -2.32. The molecule has 5 rings (SSSR count). The number of carbonyl (C=O) groups is 1. The van der Waals surface area contributed by atoms with Gasteiger partial charge in [-0.3, -0.25) is 0 Å². The molecule has 3 N–H and O–H groups in total. The molecule has 1 aliphatic carbocycles. The van der Waals surface area contributed by atoms with Crippen LogP contribution in [0.25, 0.3) is 17.2 Å². The van der Waals surface area contributed by atoms with Crippen LogP contribution in [0.4, 0.5) is 5.69 Å². The Morgan fingerprint density at radius 2 is 1.83 bits per heavy atom. The average molecular weight is 482 g/mol. The number of fused-ring (bicyclic) bond motifs is 1. The van der Waals surface area contributed by atoms with Gasteiger partial charge < -0.3 is 10.5 Å². The lowest BCUT2D eigenvalue weighted by Crippen LogP contribution is -2.16. The van der Waals surface area contributed by atoms with Gasteiger partial charge in [-0.05, 0) is 88.1 Å². The molecule has 174 valence electrons. The molecule has 0 atom stereocenters. The molecule has 0 unspecified atom stereocenters. The van der Waals surface area contributed by atoms with E-state index in [1.165, 1.54) is 5.56 Å². The summed E-state index contributed by atoms with van der Waals surface area (Å²) >= 11 is 6.25. The van der Waals surface area contributed by atoms with E-state index in [1.807, 2.05) is 36.4 Å². The van der Waals surface area contributed by atoms with Crippen LogP contribution < -0.4 is 10.9 Å². The summed E-state index contributed by atoms with van der Waals surface area (Å²) < 4.78 is 0. The van der Waals surface area contributed by atoms with Crippen LogP contribution in [-0.2, 0) is 11.3 Å². The van der Waals surface area contributed by atoms with Crippen molar-refractivity contribution < 1.29 is 9.90 Å². The number of rotatable bonds is 6. The zero-order valence-corrected chi connectivity index (χ0v) is 19.8. The van der Waals surface area contributed by atoms with Gasteiger partial charge in [-0.1, -0.05) is 54.4 Å². The van der Waals surface area contributed by atoms with Gasteiger partial charge in [0.05, 0.1) is 17.3 Å². The van der Waals surface area contributed by atoms with Gasteiger partial charge >= 0.3 is 5.97 Å². The van der Waals surface area contributed by atoms with Crippen LogP contribution in [0.1, 0.15) is 52.6 Å². The second-order valence-electron chi connectivity index (χ2n) is 8.86. The average Bonchev–Trinajstić information content (AvgIpc) is 3.30. The van der Waals surface area contributed by atoms with Gasteiger partial charge in [0.15, 0.2) is 0 Å². The largest absolute Gasteiger partial charge is 0.478 e. The molecule has 1 aliphatic heterocycles. The number of nitrogens with zero attached hydrogens (tertiary/aromatic N) is 1. The topological polar surface area (TPSA) is 85.2 Å². The SMILES string of the molecule is N#Cc1cc(Cl)ccc1/C(=C(\c1ccc(/C=C/C(=O)O)cc1)c1ccc2c(c1)CNN2)C1CCC1. The third kappa shape index (κ3) is 4.72. The summed E-state index contributed by atoms with van der Waals surface area (Å²) in [5.41, 5.74) is 15.3. The summed E-state index contributed by atoms with van der Waals surface area (Å²) in [5.74, 6) is -0.636. The van der Waals surface area contributed by atoms with E-state index in [2.05, 4.69) is 35.1 Å². The quantitative estimate of drug-likeness (QED) is 0.276. The molecule has 3 aromatic carbocycles. The van der Waals surface area contributed by atoms with Crippen LogP contribution in [0.5, 0.6) is 0 Å². The Labute approximate surface area is 209 Å². The molecule has 3 aromatic rings. The van der Waals surface area contributed by atoms with E-state index in [0.717, 1.165) is 71.0 Å². The van der Waals surface area contributed by atoms with Crippen LogP contribution >= 0.6 is 11.6 Å². The summed E-state index contributed by atoms with van der Waals surface area (Å²) in [7, 11) is 0. The van der Waals surface area contributed by atoms with Crippen LogP contribution in [0, 0.1) is 17.2 Å². The van der Waals surface area contributed by atoms with Crippen molar-refractivity contribution in [3.63, 3.8) is 0 Å². The summed E-state index contributed by atoms with van der Waals surface area (Å²) in [6.45, 7) is 0.735. The molecule has 1 saturated carbocycles. The van der Waals surface area contributed by atoms with E-state index in [0.29, 0.717) is 16.5 Å². The van der Waals surface area contributed by atoms with Crippen molar-refractivity contribution >= 4 is 40.5 Å². The lowest BCUT2D eigenvalue weighted by molar-refractivity contribution is -0.131. The Morgan fingerprint density at radius 3 is 2.51 bits per heavy atom. The number of hydrazine groups is 1. The number of hydrogen-bond donors (Lipinski definition) is 3. The van der Waals surface area contributed by atoms with Gasteiger partial charge in [-0.2, -0.15) is 5.26 Å². The molecule has 0 bridgehead atoms. The number of anilines is 1. The Bertz CT molecular complexity index is 1400. The molecule has 2 aliphatic rings. The number of aliphatic carboxylic acids is 1. The van der Waals surface area contributed by atoms with Gasteiger partial charge in [0.25, 0.3) is 0 Å². The van der Waals surface area contributed by atoms with Crippen molar-refractivity contribution in [3.05, 3.63) is 105 Å². The Hall–Kier alpha value is -3.85. The number of benzene rings is 3. The minimum absolute atomic E-state index is 0.342. The summed E-state index contributed by atoms with van der Waals surface area (Å²) in [6.07, 6.45) is 6.02. The molecule has 1 heterocycles. The van der Waals surface area contributed by atoms with Crippen molar-refractivity contribution in [2.45, 2.75) is 25.8 Å². The summed E-state index contributed by atoms with van der Waals surface area (Å²) in [4.78, 5) is 10.9. The predicted molar refractivity (Wildman–Crippen MR) is 139 cm³/mol. The first-order chi connectivity index (χ1) is 17.0. The highest BCUT2D eigenvalue weighted by molar-refractivity contribution is 6.30. The Balaban J connectivity index is 1.75. The first-order valence-electron chi connectivity index (χ1n) is 11.6. The maximum atomic E-state index is 10.9. The molecule has 1 fully saturated rings. The van der Waals surface area contributed by atoms with E-state index < -0.39 is 5.97 Å². The van der Waals surface area contributed by atoms with Crippen LogP contribution in [0.15, 0.2) is 66.7 Å². The van der Waals surface area contributed by atoms with E-state index >= 15 is 0 Å². The van der Waals surface area contributed by atoms with Crippen LogP contribution in [-0.4, -0.2) is 11.1 Å². The smallest absolute Gasteiger partial charge is 0.328 e. The predicted octanol–water partition coefficient (Wildman–Crippen LogP) is 6.50. The Morgan fingerprint density at radius 1 is 1.06 bits per heavy atom. The highest BCUT2D eigenvalue weighted by Gasteiger charge is 2.29. The van der Waals surface area contributed by atoms with Gasteiger partial charge in [-0.15, -0.1) is 0 Å². The zero-order chi connectivity index (χ0) is 24.4. The summed E-state index contributed by atoms with van der Waals surface area (Å²) in [6, 6.07) is 22.2. The number of hydrogen-bond acceptors (Lipinski definition) is 4. The van der Waals surface area contributed by atoms with Gasteiger partial charge in [0.1, 0.15) is 0 Å². The van der Waals surface area contributed by atoms with E-state index in [9.17, 15) is 10.1 Å². The first-order valence-corrected chi connectivity index (χ1v) is 12.0. The first kappa shape index (κ1) is 22.9. The van der Waals surface area contributed by atoms with Gasteiger partial charge in [0.2, 0.25) is 0 Å². The number of halogens is 1. The normalized spacial score (nSPS) is 15.7. The highest BCUT2D eigenvalue weighted by atomic mass is 35.5. The van der Waals surface area contributed by atoms with E-state index in [1.54, 1.807) is 12.1 Å². The maximum Gasteiger partial charge on any atom is 0.328 e. The lowest BCUT2D eigenvalue weighted by atomic mass is 9.72. The fourth-order valence-corrected chi connectivity index (χ4v) is 4.93. The fraction of sp³-hybridized carbons (Fsp3) is 0.172. The maximum absolute atomic E-state index is 10.9. The molecular weight excluding hydrogens is 458 g/mol. The number of nitriles is 1. The molecule has 35 heavy (non-hydrogen) atoms. The van der Waals surface area contributed by atoms with Crippen LogP contribution in [0.3, 0.4) is 0 Å². The number of carboxylic acids is 1. The monoisotopic (exact) mass is 481 g/mol. The molecule has 0 saturated heterocycles.